The van der Waals surface area contributed by atoms with Crippen LogP contribution in [0.3, 0.4) is 0 Å². The second kappa shape index (κ2) is 22.2. The van der Waals surface area contributed by atoms with Crippen molar-refractivity contribution in [1.29, 1.82) is 0 Å². The van der Waals surface area contributed by atoms with Crippen LogP contribution in [0.15, 0.2) is 0 Å². The van der Waals surface area contributed by atoms with Gasteiger partial charge in [-0.25, -0.2) is 0 Å². The van der Waals surface area contributed by atoms with E-state index in [1.807, 2.05) is 0 Å². The molecule has 2 heterocycles. The van der Waals surface area contributed by atoms with E-state index >= 15 is 0 Å². The van der Waals surface area contributed by atoms with Crippen molar-refractivity contribution in [3.05, 3.63) is 0 Å². The molecule has 0 aromatic rings. The Hall–Kier alpha value is -0.640. The van der Waals surface area contributed by atoms with E-state index < -0.39 is 85.8 Å². The highest BCUT2D eigenvalue weighted by molar-refractivity contribution is 4.97. The Morgan fingerprint density at radius 3 is 1.30 bits per heavy atom. The average Bonchev–Trinajstić information content (AvgIpc) is 3.07. The molecule has 16 heteroatoms. The highest BCUT2D eigenvalue weighted by Gasteiger charge is 2.53. The predicted octanol–water partition coefficient (Wildman–Crippen LogP) is -0.0878. The second-order valence-corrected chi connectivity index (χ2v) is 10.8. The molecular weight excluding hydrogens is 616 g/mol. The van der Waals surface area contributed by atoms with Crippen LogP contribution >= 0.6 is 0 Å². The van der Waals surface area contributed by atoms with Crippen LogP contribution in [0.25, 0.3) is 0 Å². The van der Waals surface area contributed by atoms with Crippen molar-refractivity contribution in [2.45, 2.75) is 85.8 Å². The van der Waals surface area contributed by atoms with Gasteiger partial charge in [-0.15, -0.1) is 0 Å². The van der Waals surface area contributed by atoms with Crippen LogP contribution < -0.4 is 0 Å². The monoisotopic (exact) mass is 674 g/mol. The van der Waals surface area contributed by atoms with Gasteiger partial charge in [-0.1, -0.05) is 0 Å². The molecule has 2 rings (SSSR count). The van der Waals surface area contributed by atoms with E-state index in [4.69, 9.17) is 75.8 Å². The maximum atomic E-state index is 6.61. The lowest BCUT2D eigenvalue weighted by Crippen LogP contribution is -2.66. The summed E-state index contributed by atoms with van der Waals surface area (Å²) in [4.78, 5) is 0. The fourth-order valence-electron chi connectivity index (χ4n) is 6.18. The van der Waals surface area contributed by atoms with Crippen molar-refractivity contribution >= 4 is 0 Å². The Morgan fingerprint density at radius 2 is 0.870 bits per heavy atom. The maximum Gasteiger partial charge on any atom is 0.187 e. The van der Waals surface area contributed by atoms with Gasteiger partial charge in [0.15, 0.2) is 12.6 Å². The minimum Gasteiger partial charge on any atom is -0.382 e. The minimum atomic E-state index is -0.908. The Labute approximate surface area is 273 Å². The quantitative estimate of drug-likeness (QED) is 0.142. The fourth-order valence-corrected chi connectivity index (χ4v) is 6.18. The molecule has 2 fully saturated rings. The smallest absolute Gasteiger partial charge is 0.187 e. The van der Waals surface area contributed by atoms with E-state index in [2.05, 4.69) is 0 Å². The molecule has 0 aromatic heterocycles. The Morgan fingerprint density at radius 1 is 0.435 bits per heavy atom. The molecule has 2 aliphatic rings. The zero-order valence-electron chi connectivity index (χ0n) is 29.4. The molecule has 2 aliphatic heterocycles. The third-order valence-electron chi connectivity index (χ3n) is 8.46. The molecule has 0 aromatic carbocycles. The van der Waals surface area contributed by atoms with Crippen molar-refractivity contribution in [2.75, 3.05) is 112 Å². The van der Waals surface area contributed by atoms with Crippen LogP contribution in [0.2, 0.25) is 0 Å². The van der Waals surface area contributed by atoms with E-state index in [1.54, 1.807) is 85.3 Å². The predicted molar refractivity (Wildman–Crippen MR) is 161 cm³/mol. The molecule has 46 heavy (non-hydrogen) atoms. The summed E-state index contributed by atoms with van der Waals surface area (Å²) >= 11 is 0. The summed E-state index contributed by atoms with van der Waals surface area (Å²) in [6.45, 7) is 0.727. The summed E-state index contributed by atoms with van der Waals surface area (Å²) in [5, 5.41) is 0. The molecule has 0 bridgehead atoms. The lowest BCUT2D eigenvalue weighted by molar-refractivity contribution is -0.368. The van der Waals surface area contributed by atoms with Gasteiger partial charge in [-0.05, 0) is 0 Å². The molecule has 0 spiro atoms. The molecule has 0 aliphatic carbocycles. The molecule has 16 nitrogen and oxygen atoms in total. The molecular formula is C30H58O16. The molecule has 0 radical (unpaired) electrons. The summed E-state index contributed by atoms with van der Waals surface area (Å²) in [5.74, 6) is 0. The first-order valence-electron chi connectivity index (χ1n) is 15.1. The number of hydrogen-bond donors (Lipinski definition) is 0. The van der Waals surface area contributed by atoms with Crippen LogP contribution in [-0.2, 0) is 75.8 Å². The van der Waals surface area contributed by atoms with Crippen molar-refractivity contribution < 1.29 is 75.8 Å². The van der Waals surface area contributed by atoms with E-state index in [0.717, 1.165) is 0 Å². The summed E-state index contributed by atoms with van der Waals surface area (Å²) in [7, 11) is 18.8. The Balaban J connectivity index is 2.32. The van der Waals surface area contributed by atoms with E-state index in [1.165, 1.54) is 0 Å². The van der Waals surface area contributed by atoms with Gasteiger partial charge in [-0.2, -0.15) is 0 Å². The van der Waals surface area contributed by atoms with Crippen molar-refractivity contribution in [3.63, 3.8) is 0 Å². The lowest BCUT2D eigenvalue weighted by atomic mass is 9.96. The zero-order valence-corrected chi connectivity index (χ0v) is 29.4. The first-order chi connectivity index (χ1) is 22.3. The minimum absolute atomic E-state index is 0.0502. The van der Waals surface area contributed by atoms with Gasteiger partial charge < -0.3 is 75.8 Å². The van der Waals surface area contributed by atoms with Gasteiger partial charge in [-0.3, -0.25) is 0 Å². The molecule has 0 saturated carbocycles. The van der Waals surface area contributed by atoms with Crippen LogP contribution in [-0.4, -0.2) is 198 Å². The number of ether oxygens (including phenoxy) is 16. The molecule has 2 saturated heterocycles. The van der Waals surface area contributed by atoms with Crippen LogP contribution in [0.5, 0.6) is 0 Å². The van der Waals surface area contributed by atoms with Gasteiger partial charge in [0, 0.05) is 85.3 Å². The van der Waals surface area contributed by atoms with E-state index in [9.17, 15) is 0 Å². The second-order valence-electron chi connectivity index (χ2n) is 10.8. The summed E-state index contributed by atoms with van der Waals surface area (Å²) in [6.07, 6.45) is -8.90. The van der Waals surface area contributed by atoms with Gasteiger partial charge in [0.25, 0.3) is 0 Å². The maximum absolute atomic E-state index is 6.61. The molecule has 274 valence electrons. The third kappa shape index (κ3) is 10.2. The fraction of sp³-hybridized carbons (Fsp3) is 1.00. The lowest BCUT2D eigenvalue weighted by Gasteiger charge is -2.49. The number of hydrogen-bond acceptors (Lipinski definition) is 16. The topological polar surface area (TPSA) is 148 Å². The van der Waals surface area contributed by atoms with Gasteiger partial charge >= 0.3 is 0 Å². The average molecular weight is 675 g/mol. The van der Waals surface area contributed by atoms with Gasteiger partial charge in [0.05, 0.1) is 26.4 Å². The van der Waals surface area contributed by atoms with Crippen molar-refractivity contribution in [1.82, 2.24) is 0 Å². The van der Waals surface area contributed by atoms with Gasteiger partial charge in [0.2, 0.25) is 0 Å². The highest BCUT2D eigenvalue weighted by Crippen LogP contribution is 2.34. The summed E-state index contributed by atoms with van der Waals surface area (Å²) < 4.78 is 94.0. The van der Waals surface area contributed by atoms with E-state index in [0.29, 0.717) is 0 Å². The molecule has 0 amide bonds. The largest absolute Gasteiger partial charge is 0.382 e. The Bertz CT molecular complexity index is 781. The summed E-state index contributed by atoms with van der Waals surface area (Å²) in [6, 6.07) is 0. The Kier molecular flexibility index (Phi) is 20.0. The highest BCUT2D eigenvalue weighted by atomic mass is 16.8. The van der Waals surface area contributed by atoms with Crippen LogP contribution in [0.1, 0.15) is 0 Å². The van der Waals surface area contributed by atoms with Crippen molar-refractivity contribution in [2.24, 2.45) is 0 Å². The van der Waals surface area contributed by atoms with Crippen LogP contribution in [0, 0.1) is 0 Å². The summed E-state index contributed by atoms with van der Waals surface area (Å²) in [5.41, 5.74) is 0. The first kappa shape index (κ1) is 41.5. The number of methoxy groups -OCH3 is 12. The first-order valence-corrected chi connectivity index (χ1v) is 15.1. The SMILES string of the molecule is COC[C@H](OC)[C@@H](OC)[C@H](OC)[C@@H](CO[C@H]1O[C@H](COC)[C@@H](O[C@H]2O[C@H](COC)[C@@H](OC)[C@H](OC)[C@H]2OC)[C@H](OC)[C@H]1OC)OC. The molecule has 0 N–H and O–H groups in total. The molecule has 0 unspecified atom stereocenters. The van der Waals surface area contributed by atoms with Crippen LogP contribution in [0.4, 0.5) is 0 Å². The molecule has 14 atom stereocenters. The zero-order chi connectivity index (χ0) is 34.2. The van der Waals surface area contributed by atoms with Crippen molar-refractivity contribution in [3.8, 4) is 0 Å². The number of rotatable bonds is 23. The third-order valence-corrected chi connectivity index (χ3v) is 8.46. The standard InChI is InChI=1S/C30H58O16/c1-31-13-17(34-4)21(36-6)22(37-7)18(35-5)16-43-29-27(41-11)26(40-10)24(20(44-29)15-33-3)46-30-28(42-12)25(39-9)23(38-8)19(45-30)14-32-2/h17-30H,13-16H2,1-12H3/t17-,18+,19+,20+,21+,22+,23+,24+,25-,26-,27+,28+,29-,30+/m0/s1. The van der Waals surface area contributed by atoms with Gasteiger partial charge in [0.1, 0.15) is 73.2 Å². The normalized spacial score (nSPS) is 34.7. The van der Waals surface area contributed by atoms with E-state index in [-0.39, 0.29) is 26.4 Å².